The molecule has 1 aliphatic carbocycles. The van der Waals surface area contributed by atoms with Gasteiger partial charge in [-0.3, -0.25) is 0 Å². The zero-order valence-electron chi connectivity index (χ0n) is 14.0. The highest BCUT2D eigenvalue weighted by Gasteiger charge is 2.21. The molecular formula is C21H29N2+. The fraction of sp³-hybridized carbons (Fsp3) is 0.429. The fourth-order valence-electron chi connectivity index (χ4n) is 3.62. The first-order chi connectivity index (χ1) is 11.4. The summed E-state index contributed by atoms with van der Waals surface area (Å²) in [5.41, 5.74) is 2.63. The minimum Gasteiger partial charge on any atom is -0.385 e. The van der Waals surface area contributed by atoms with Crippen molar-refractivity contribution in [2.24, 2.45) is 11.8 Å². The van der Waals surface area contributed by atoms with Crippen LogP contribution in [-0.4, -0.2) is 13.1 Å². The molecule has 0 aromatic heterocycles. The van der Waals surface area contributed by atoms with Gasteiger partial charge in [-0.2, -0.15) is 0 Å². The normalized spacial score (nSPS) is 21.0. The van der Waals surface area contributed by atoms with Gasteiger partial charge in [0.1, 0.15) is 5.69 Å². The van der Waals surface area contributed by atoms with Crippen molar-refractivity contribution in [3.8, 4) is 0 Å². The first kappa shape index (κ1) is 16.1. The minimum atomic E-state index is 0.851. The molecule has 2 heteroatoms. The second-order valence-corrected chi connectivity index (χ2v) is 6.83. The van der Waals surface area contributed by atoms with Crippen molar-refractivity contribution in [1.82, 2.24) is 0 Å². The Bertz CT molecular complexity index is 545. The van der Waals surface area contributed by atoms with E-state index < -0.39 is 0 Å². The van der Waals surface area contributed by atoms with Crippen molar-refractivity contribution in [3.63, 3.8) is 0 Å². The molecule has 3 rings (SSSR count). The van der Waals surface area contributed by atoms with Gasteiger partial charge in [0.2, 0.25) is 0 Å². The Morgan fingerprint density at radius 2 is 1.39 bits per heavy atom. The van der Waals surface area contributed by atoms with Crippen molar-refractivity contribution < 1.29 is 5.32 Å². The van der Waals surface area contributed by atoms with Crippen molar-refractivity contribution >= 4 is 11.4 Å². The van der Waals surface area contributed by atoms with E-state index in [-0.39, 0.29) is 0 Å². The highest BCUT2D eigenvalue weighted by atomic mass is 14.9. The summed E-state index contributed by atoms with van der Waals surface area (Å²) in [4.78, 5) is 0. The number of nitrogens with two attached hydrogens (primary N) is 1. The average Bonchev–Trinajstić information content (AvgIpc) is 2.63. The van der Waals surface area contributed by atoms with E-state index in [9.17, 15) is 0 Å². The Balaban J connectivity index is 1.31. The number of anilines is 1. The third-order valence-electron chi connectivity index (χ3n) is 5.09. The van der Waals surface area contributed by atoms with Gasteiger partial charge in [0.15, 0.2) is 0 Å². The van der Waals surface area contributed by atoms with Crippen LogP contribution in [0.5, 0.6) is 0 Å². The maximum absolute atomic E-state index is 3.59. The second kappa shape index (κ2) is 8.73. The molecule has 23 heavy (non-hydrogen) atoms. The molecule has 122 valence electrons. The summed E-state index contributed by atoms with van der Waals surface area (Å²) >= 11 is 0. The lowest BCUT2D eigenvalue weighted by Crippen LogP contribution is -2.78. The fourth-order valence-corrected chi connectivity index (χ4v) is 3.62. The molecule has 0 heterocycles. The number of benzene rings is 2. The Labute approximate surface area is 140 Å². The second-order valence-electron chi connectivity index (χ2n) is 6.83. The SMILES string of the molecule is c1ccc(NCC2CCC(CC[NH2+]c3ccccc3)CC2)cc1. The van der Waals surface area contributed by atoms with Gasteiger partial charge in [-0.15, -0.1) is 0 Å². The number of nitrogens with one attached hydrogen (secondary N) is 1. The minimum absolute atomic E-state index is 0.851. The molecule has 0 bridgehead atoms. The van der Waals surface area contributed by atoms with E-state index in [2.05, 4.69) is 71.3 Å². The quantitative estimate of drug-likeness (QED) is 0.738. The van der Waals surface area contributed by atoms with E-state index in [4.69, 9.17) is 0 Å². The van der Waals surface area contributed by atoms with Crippen LogP contribution in [0.1, 0.15) is 32.1 Å². The number of hydrogen-bond donors (Lipinski definition) is 2. The molecule has 0 spiro atoms. The van der Waals surface area contributed by atoms with Crippen LogP contribution in [0.4, 0.5) is 11.4 Å². The molecule has 0 saturated heterocycles. The predicted octanol–water partition coefficient (Wildman–Crippen LogP) is 4.19. The van der Waals surface area contributed by atoms with Gasteiger partial charge >= 0.3 is 0 Å². The molecule has 0 amide bonds. The molecule has 2 nitrogen and oxygen atoms in total. The van der Waals surface area contributed by atoms with Crippen LogP contribution in [0.15, 0.2) is 60.7 Å². The molecule has 0 unspecified atom stereocenters. The molecule has 3 N–H and O–H groups in total. The number of rotatable bonds is 7. The first-order valence-corrected chi connectivity index (χ1v) is 9.07. The molecule has 1 saturated carbocycles. The first-order valence-electron chi connectivity index (χ1n) is 9.07. The summed E-state index contributed by atoms with van der Waals surface area (Å²) in [6.45, 7) is 2.36. The lowest BCUT2D eigenvalue weighted by molar-refractivity contribution is -0.573. The zero-order chi connectivity index (χ0) is 15.7. The van der Waals surface area contributed by atoms with E-state index in [1.807, 2.05) is 0 Å². The zero-order valence-corrected chi connectivity index (χ0v) is 14.0. The van der Waals surface area contributed by atoms with Crippen molar-refractivity contribution in [1.29, 1.82) is 0 Å². The third kappa shape index (κ3) is 5.40. The molecule has 1 fully saturated rings. The maximum Gasteiger partial charge on any atom is 0.129 e. The van der Waals surface area contributed by atoms with Crippen LogP contribution in [0.2, 0.25) is 0 Å². The van der Waals surface area contributed by atoms with Gasteiger partial charge in [0.05, 0.1) is 6.54 Å². The Morgan fingerprint density at radius 3 is 2.09 bits per heavy atom. The number of para-hydroxylation sites is 2. The standard InChI is InChI=1S/C21H28N2/c1-3-7-20(8-4-1)22-16-15-18-11-13-19(14-12-18)17-23-21-9-5-2-6-10-21/h1-10,18-19,22-23H,11-17H2/p+1. The molecule has 0 atom stereocenters. The smallest absolute Gasteiger partial charge is 0.129 e. The monoisotopic (exact) mass is 309 g/mol. The number of hydrogen-bond acceptors (Lipinski definition) is 1. The van der Waals surface area contributed by atoms with Crippen LogP contribution in [0, 0.1) is 11.8 Å². The van der Waals surface area contributed by atoms with Gasteiger partial charge in [-0.25, -0.2) is 0 Å². The van der Waals surface area contributed by atoms with Crippen LogP contribution >= 0.6 is 0 Å². The predicted molar refractivity (Wildman–Crippen MR) is 97.9 cm³/mol. The highest BCUT2D eigenvalue weighted by Crippen LogP contribution is 2.30. The summed E-state index contributed by atoms with van der Waals surface area (Å²) in [6.07, 6.45) is 6.94. The van der Waals surface area contributed by atoms with Crippen molar-refractivity contribution in [3.05, 3.63) is 60.7 Å². The van der Waals surface area contributed by atoms with E-state index in [1.54, 1.807) is 0 Å². The van der Waals surface area contributed by atoms with Crippen LogP contribution in [0.25, 0.3) is 0 Å². The molecule has 1 aliphatic rings. The van der Waals surface area contributed by atoms with Gasteiger partial charge in [0.25, 0.3) is 0 Å². The lowest BCUT2D eigenvalue weighted by atomic mass is 9.80. The summed E-state index contributed by atoms with van der Waals surface area (Å²) in [7, 11) is 0. The van der Waals surface area contributed by atoms with Crippen molar-refractivity contribution in [2.45, 2.75) is 32.1 Å². The van der Waals surface area contributed by atoms with Gasteiger partial charge < -0.3 is 10.6 Å². The van der Waals surface area contributed by atoms with Gasteiger partial charge in [-0.05, 0) is 68.2 Å². The summed E-state index contributed by atoms with van der Waals surface area (Å²) in [5, 5.41) is 5.98. The Kier molecular flexibility index (Phi) is 6.10. The van der Waals surface area contributed by atoms with Crippen LogP contribution in [0.3, 0.4) is 0 Å². The maximum atomic E-state index is 3.59. The summed E-state index contributed by atoms with van der Waals surface area (Å²) in [6, 6.07) is 21.3. The third-order valence-corrected chi connectivity index (χ3v) is 5.09. The van der Waals surface area contributed by atoms with Crippen LogP contribution in [-0.2, 0) is 0 Å². The highest BCUT2D eigenvalue weighted by molar-refractivity contribution is 5.42. The lowest BCUT2D eigenvalue weighted by Gasteiger charge is -2.28. The average molecular weight is 309 g/mol. The van der Waals surface area contributed by atoms with Crippen molar-refractivity contribution in [2.75, 3.05) is 18.4 Å². The van der Waals surface area contributed by atoms with E-state index in [1.165, 1.54) is 50.0 Å². The molecule has 2 aromatic carbocycles. The summed E-state index contributed by atoms with van der Waals surface area (Å²) < 4.78 is 0. The largest absolute Gasteiger partial charge is 0.385 e. The van der Waals surface area contributed by atoms with E-state index in [0.717, 1.165) is 18.4 Å². The molecule has 2 aromatic rings. The van der Waals surface area contributed by atoms with Gasteiger partial charge in [-0.1, -0.05) is 36.4 Å². The summed E-state index contributed by atoms with van der Waals surface area (Å²) in [5.74, 6) is 1.78. The van der Waals surface area contributed by atoms with Crippen LogP contribution < -0.4 is 10.6 Å². The van der Waals surface area contributed by atoms with E-state index in [0.29, 0.717) is 0 Å². The van der Waals surface area contributed by atoms with Gasteiger partial charge in [0, 0.05) is 12.2 Å². The van der Waals surface area contributed by atoms with E-state index >= 15 is 0 Å². The Hall–Kier alpha value is -1.80. The molecule has 0 radical (unpaired) electrons. The Morgan fingerprint density at radius 1 is 0.783 bits per heavy atom. The topological polar surface area (TPSA) is 28.6 Å². The molecular weight excluding hydrogens is 280 g/mol. The molecule has 0 aliphatic heterocycles. The number of quaternary nitrogens is 1.